The molecule has 5 nitrogen and oxygen atoms in total. The van der Waals surface area contributed by atoms with Crippen LogP contribution in [0.1, 0.15) is 0 Å². The van der Waals surface area contributed by atoms with Crippen LogP contribution in [0.4, 0.5) is 0 Å². The summed E-state index contributed by atoms with van der Waals surface area (Å²) in [4.78, 5) is 20.3. The van der Waals surface area contributed by atoms with Gasteiger partial charge in [0.05, 0.1) is 5.56 Å². The largest absolute Gasteiger partial charge is 0.436 e. The van der Waals surface area contributed by atoms with Crippen molar-refractivity contribution in [3.05, 3.63) is 158 Å². The second kappa shape index (κ2) is 11.4. The van der Waals surface area contributed by atoms with Gasteiger partial charge in [0.1, 0.15) is 5.52 Å². The summed E-state index contributed by atoms with van der Waals surface area (Å²) in [6, 6.07) is 54.6. The van der Waals surface area contributed by atoms with Crippen molar-refractivity contribution in [3.8, 4) is 45.6 Å². The predicted molar refractivity (Wildman–Crippen MR) is 215 cm³/mol. The number of para-hydroxylation sites is 2. The van der Waals surface area contributed by atoms with Gasteiger partial charge in [-0.15, -0.1) is 11.3 Å². The first-order chi connectivity index (χ1) is 25.8. The molecule has 0 bridgehead atoms. The molecule has 0 radical (unpaired) electrons. The summed E-state index contributed by atoms with van der Waals surface area (Å²) >= 11 is 1.74. The first-order valence-corrected chi connectivity index (χ1v) is 18.0. The number of aromatic nitrogens is 4. The Balaban J connectivity index is 1.15. The fourth-order valence-electron chi connectivity index (χ4n) is 7.58. The minimum Gasteiger partial charge on any atom is -0.436 e. The van der Waals surface area contributed by atoms with E-state index in [1.807, 2.05) is 42.5 Å². The molecule has 8 aromatic carbocycles. The number of thiophene rings is 1. The van der Waals surface area contributed by atoms with Gasteiger partial charge in [0.15, 0.2) is 23.1 Å². The van der Waals surface area contributed by atoms with Crippen LogP contribution < -0.4 is 0 Å². The zero-order valence-electron chi connectivity index (χ0n) is 27.6. The number of hydrogen-bond donors (Lipinski definition) is 0. The number of hydrogen-bond acceptors (Lipinski definition) is 6. The zero-order chi connectivity index (χ0) is 34.2. The van der Waals surface area contributed by atoms with Crippen LogP contribution in [0.15, 0.2) is 162 Å². The van der Waals surface area contributed by atoms with Crippen LogP contribution in [-0.4, -0.2) is 19.9 Å². The molecule has 0 unspecified atom stereocenters. The van der Waals surface area contributed by atoms with Crippen LogP contribution in [0.5, 0.6) is 0 Å². The van der Waals surface area contributed by atoms with Crippen LogP contribution in [0.2, 0.25) is 0 Å². The van der Waals surface area contributed by atoms with Gasteiger partial charge < -0.3 is 4.42 Å². The summed E-state index contributed by atoms with van der Waals surface area (Å²) in [5.74, 6) is 2.51. The van der Waals surface area contributed by atoms with E-state index in [1.54, 1.807) is 11.3 Å². The molecule has 11 aromatic rings. The first-order valence-electron chi connectivity index (χ1n) is 17.2. The summed E-state index contributed by atoms with van der Waals surface area (Å²) in [6.07, 6.45) is 0. The Hall–Kier alpha value is -6.76. The third kappa shape index (κ3) is 4.48. The van der Waals surface area contributed by atoms with Crippen LogP contribution in [0.3, 0.4) is 0 Å². The Morgan fingerprint density at radius 2 is 1.00 bits per heavy atom. The average Bonchev–Trinajstić information content (AvgIpc) is 3.83. The maximum Gasteiger partial charge on any atom is 0.228 e. The normalized spacial score (nSPS) is 11.8. The summed E-state index contributed by atoms with van der Waals surface area (Å²) in [7, 11) is 0. The number of nitrogens with zero attached hydrogens (tertiary/aromatic N) is 4. The fraction of sp³-hybridized carbons (Fsp3) is 0. The van der Waals surface area contributed by atoms with E-state index in [4.69, 9.17) is 24.4 Å². The number of fused-ring (bicyclic) bond motifs is 10. The summed E-state index contributed by atoms with van der Waals surface area (Å²) < 4.78 is 8.50. The highest BCUT2D eigenvalue weighted by atomic mass is 32.1. The number of benzene rings is 8. The smallest absolute Gasteiger partial charge is 0.228 e. The van der Waals surface area contributed by atoms with Gasteiger partial charge >= 0.3 is 0 Å². The maximum atomic E-state index is 6.25. The predicted octanol–water partition coefficient (Wildman–Crippen LogP) is 12.5. The van der Waals surface area contributed by atoms with Crippen molar-refractivity contribution in [1.82, 2.24) is 19.9 Å². The van der Waals surface area contributed by atoms with Gasteiger partial charge in [0, 0.05) is 36.9 Å². The molecule has 0 spiro atoms. The third-order valence-electron chi connectivity index (χ3n) is 9.96. The Bertz CT molecular complexity index is 3130. The van der Waals surface area contributed by atoms with E-state index < -0.39 is 0 Å². The molecule has 0 aliphatic heterocycles. The monoisotopic (exact) mass is 682 g/mol. The number of rotatable bonds is 4. The molecule has 6 heteroatoms. The van der Waals surface area contributed by atoms with Gasteiger partial charge in [-0.3, -0.25) is 0 Å². The molecule has 3 heterocycles. The second-order valence-electron chi connectivity index (χ2n) is 13.0. The van der Waals surface area contributed by atoms with Crippen molar-refractivity contribution in [3.63, 3.8) is 0 Å². The summed E-state index contributed by atoms with van der Waals surface area (Å²) in [5.41, 5.74) is 5.42. The molecule has 3 aromatic heterocycles. The van der Waals surface area contributed by atoms with E-state index in [2.05, 4.69) is 115 Å². The molecule has 0 atom stereocenters. The van der Waals surface area contributed by atoms with Crippen molar-refractivity contribution in [1.29, 1.82) is 0 Å². The second-order valence-corrected chi connectivity index (χ2v) is 14.0. The lowest BCUT2D eigenvalue weighted by atomic mass is 9.93. The molecular weight excluding hydrogens is 657 g/mol. The maximum absolute atomic E-state index is 6.25. The molecule has 0 amide bonds. The van der Waals surface area contributed by atoms with Crippen LogP contribution in [0, 0.1) is 0 Å². The minimum absolute atomic E-state index is 0.616. The first kappa shape index (κ1) is 29.0. The van der Waals surface area contributed by atoms with Gasteiger partial charge in [-0.1, -0.05) is 127 Å². The molecule has 0 N–H and O–H groups in total. The highest BCUT2D eigenvalue weighted by molar-refractivity contribution is 7.26. The number of oxazole rings is 1. The van der Waals surface area contributed by atoms with Gasteiger partial charge in [-0.2, -0.15) is 0 Å². The van der Waals surface area contributed by atoms with Crippen molar-refractivity contribution >= 4 is 74.9 Å². The van der Waals surface area contributed by atoms with E-state index in [0.717, 1.165) is 53.5 Å². The van der Waals surface area contributed by atoms with Gasteiger partial charge in [-0.25, -0.2) is 19.9 Å². The van der Waals surface area contributed by atoms with Crippen molar-refractivity contribution in [2.75, 3.05) is 0 Å². The van der Waals surface area contributed by atoms with Gasteiger partial charge in [0.2, 0.25) is 5.89 Å². The standard InChI is InChI=1S/C46H26N4OS/c1-2-12-27(13-3-1)43-48-44(28-24-25-33-31-16-5-4-14-29(31)30-15-6-7-17-32(30)37(33)26-28)50-45(49-43)35-19-11-23-40-41(35)34-18-10-20-36(42(34)52-40)46-47-38-21-8-9-22-39(38)51-46/h1-26H. The van der Waals surface area contributed by atoms with E-state index >= 15 is 0 Å². The van der Waals surface area contributed by atoms with Crippen molar-refractivity contribution in [2.45, 2.75) is 0 Å². The average molecular weight is 683 g/mol. The minimum atomic E-state index is 0.616. The summed E-state index contributed by atoms with van der Waals surface area (Å²) in [5, 5.41) is 9.53. The lowest BCUT2D eigenvalue weighted by Gasteiger charge is -2.13. The lowest BCUT2D eigenvalue weighted by molar-refractivity contribution is 0.621. The molecule has 52 heavy (non-hydrogen) atoms. The molecule has 0 saturated carbocycles. The Morgan fingerprint density at radius 1 is 0.404 bits per heavy atom. The zero-order valence-corrected chi connectivity index (χ0v) is 28.4. The molecule has 0 saturated heterocycles. The third-order valence-corrected chi connectivity index (χ3v) is 11.2. The van der Waals surface area contributed by atoms with E-state index in [1.165, 1.54) is 32.3 Å². The van der Waals surface area contributed by atoms with Crippen molar-refractivity contribution < 1.29 is 4.42 Å². The Morgan fingerprint density at radius 3 is 1.77 bits per heavy atom. The molecule has 0 aliphatic carbocycles. The highest BCUT2D eigenvalue weighted by Gasteiger charge is 2.20. The molecule has 0 aliphatic rings. The van der Waals surface area contributed by atoms with E-state index in [-0.39, 0.29) is 0 Å². The molecule has 0 fully saturated rings. The fourth-order valence-corrected chi connectivity index (χ4v) is 8.81. The van der Waals surface area contributed by atoms with Crippen LogP contribution in [-0.2, 0) is 0 Å². The van der Waals surface area contributed by atoms with Crippen LogP contribution >= 0.6 is 11.3 Å². The van der Waals surface area contributed by atoms with E-state index in [9.17, 15) is 0 Å². The molecule has 242 valence electrons. The SMILES string of the molecule is c1ccc(-c2nc(-c3ccc4c5ccccc5c5ccccc5c4c3)nc(-c3cccc4sc5c(-c6nc7ccccc7o6)cccc5c34)n2)cc1. The van der Waals surface area contributed by atoms with Crippen molar-refractivity contribution in [2.24, 2.45) is 0 Å². The summed E-state index contributed by atoms with van der Waals surface area (Å²) in [6.45, 7) is 0. The van der Waals surface area contributed by atoms with Crippen LogP contribution in [0.25, 0.3) is 109 Å². The Kier molecular flexibility index (Phi) is 6.35. The molecule has 11 rings (SSSR count). The quantitative estimate of drug-likeness (QED) is 0.173. The topological polar surface area (TPSA) is 64.7 Å². The Labute approximate surface area is 301 Å². The molecular formula is C46H26N4OS. The highest BCUT2D eigenvalue weighted by Crippen LogP contribution is 2.44. The lowest BCUT2D eigenvalue weighted by Crippen LogP contribution is -2.00. The van der Waals surface area contributed by atoms with E-state index in [0.29, 0.717) is 23.4 Å². The van der Waals surface area contributed by atoms with Gasteiger partial charge in [-0.05, 0) is 62.6 Å². The van der Waals surface area contributed by atoms with Gasteiger partial charge in [0.25, 0.3) is 0 Å².